The van der Waals surface area contributed by atoms with Crippen LogP contribution >= 0.6 is 15.9 Å². The van der Waals surface area contributed by atoms with E-state index in [9.17, 15) is 4.79 Å². The lowest BCUT2D eigenvalue weighted by molar-refractivity contribution is -0.123. The Balaban J connectivity index is 2.33. The molecule has 22 heavy (non-hydrogen) atoms. The molecule has 0 aliphatic heterocycles. The van der Waals surface area contributed by atoms with Crippen LogP contribution in [0.2, 0.25) is 0 Å². The highest BCUT2D eigenvalue weighted by molar-refractivity contribution is 9.10. The number of amides is 1. The molecule has 0 bridgehead atoms. The fourth-order valence-electron chi connectivity index (χ4n) is 1.70. The Kier molecular flexibility index (Phi) is 5.05. The largest absolute Gasteiger partial charge is 0.325 e. The summed E-state index contributed by atoms with van der Waals surface area (Å²) in [5.41, 5.74) is 2.01. The third kappa shape index (κ3) is 4.47. The van der Waals surface area contributed by atoms with Crippen LogP contribution in [0.1, 0.15) is 31.9 Å². The van der Waals surface area contributed by atoms with Gasteiger partial charge in [-0.25, -0.2) is 0 Å². The van der Waals surface area contributed by atoms with Crippen molar-refractivity contribution in [3.8, 4) is 11.8 Å². The minimum Gasteiger partial charge on any atom is -0.325 e. The molecular weight excluding hydrogens is 338 g/mol. The summed E-state index contributed by atoms with van der Waals surface area (Å²) in [5.74, 6) is 6.22. The first-order chi connectivity index (χ1) is 10.4. The fraction of sp³-hybridized carbons (Fsp3) is 0.211. The first kappa shape index (κ1) is 16.3. The van der Waals surface area contributed by atoms with Crippen LogP contribution in [-0.4, -0.2) is 5.91 Å². The Labute approximate surface area is 140 Å². The van der Waals surface area contributed by atoms with Crippen LogP contribution in [0.5, 0.6) is 0 Å². The Morgan fingerprint density at radius 1 is 1.05 bits per heavy atom. The molecule has 0 saturated heterocycles. The minimum atomic E-state index is -0.447. The quantitative estimate of drug-likeness (QED) is 0.729. The van der Waals surface area contributed by atoms with Crippen LogP contribution in [0, 0.1) is 17.3 Å². The first-order valence-electron chi connectivity index (χ1n) is 7.04. The highest BCUT2D eigenvalue weighted by atomic mass is 79.9. The van der Waals surface area contributed by atoms with Gasteiger partial charge < -0.3 is 5.32 Å². The summed E-state index contributed by atoms with van der Waals surface area (Å²) in [6.07, 6.45) is 0. The highest BCUT2D eigenvalue weighted by Gasteiger charge is 2.21. The molecular formula is C19H18BrNO. The van der Waals surface area contributed by atoms with Crippen molar-refractivity contribution in [1.82, 2.24) is 0 Å². The summed E-state index contributed by atoms with van der Waals surface area (Å²) < 4.78 is 0.929. The topological polar surface area (TPSA) is 29.1 Å². The Bertz CT molecular complexity index is 734. The zero-order valence-electron chi connectivity index (χ0n) is 12.9. The molecule has 2 aromatic carbocycles. The molecule has 0 radical (unpaired) electrons. The van der Waals surface area contributed by atoms with E-state index in [0.29, 0.717) is 0 Å². The molecule has 2 nitrogen and oxygen atoms in total. The molecule has 0 heterocycles. The lowest BCUT2D eigenvalue weighted by Gasteiger charge is -2.18. The van der Waals surface area contributed by atoms with Crippen molar-refractivity contribution in [2.24, 2.45) is 5.41 Å². The number of hydrogen-bond acceptors (Lipinski definition) is 1. The molecule has 0 unspecified atom stereocenters. The Morgan fingerprint density at radius 2 is 1.73 bits per heavy atom. The second kappa shape index (κ2) is 6.81. The minimum absolute atomic E-state index is 0.0300. The monoisotopic (exact) mass is 355 g/mol. The number of halogens is 1. The molecule has 0 saturated carbocycles. The molecule has 0 aromatic heterocycles. The Hall–Kier alpha value is -2.05. The zero-order chi connectivity index (χ0) is 16.2. The van der Waals surface area contributed by atoms with Crippen molar-refractivity contribution in [2.75, 3.05) is 5.32 Å². The number of nitrogens with one attached hydrogen (secondary N) is 1. The predicted molar refractivity (Wildman–Crippen MR) is 94.6 cm³/mol. The van der Waals surface area contributed by atoms with Gasteiger partial charge in [-0.2, -0.15) is 0 Å². The molecule has 0 aliphatic rings. The van der Waals surface area contributed by atoms with Crippen molar-refractivity contribution in [3.63, 3.8) is 0 Å². The van der Waals surface area contributed by atoms with E-state index in [4.69, 9.17) is 0 Å². The molecule has 0 fully saturated rings. The van der Waals surface area contributed by atoms with E-state index in [2.05, 4.69) is 33.1 Å². The maximum absolute atomic E-state index is 12.2. The van der Waals surface area contributed by atoms with Crippen molar-refractivity contribution in [3.05, 3.63) is 64.1 Å². The van der Waals surface area contributed by atoms with Gasteiger partial charge in [0.05, 0.1) is 5.69 Å². The molecule has 2 aromatic rings. The first-order valence-corrected chi connectivity index (χ1v) is 7.83. The molecule has 1 amide bonds. The molecule has 0 aliphatic carbocycles. The van der Waals surface area contributed by atoms with Crippen LogP contribution in [-0.2, 0) is 4.79 Å². The standard InChI is InChI=1S/C19H18BrNO/c1-19(2,3)18(22)21-17-12-11-16(20)13-15(17)10-9-14-7-5-4-6-8-14/h4-8,11-13H,1-3H3,(H,21,22). The van der Waals surface area contributed by atoms with Gasteiger partial charge in [0.25, 0.3) is 0 Å². The van der Waals surface area contributed by atoms with Gasteiger partial charge in [-0.1, -0.05) is 66.7 Å². The molecule has 3 heteroatoms. The van der Waals surface area contributed by atoms with Gasteiger partial charge in [-0.3, -0.25) is 4.79 Å². The van der Waals surface area contributed by atoms with Gasteiger partial charge in [0.2, 0.25) is 5.91 Å². The number of carbonyl (C=O) groups excluding carboxylic acids is 1. The maximum Gasteiger partial charge on any atom is 0.229 e. The Morgan fingerprint density at radius 3 is 2.36 bits per heavy atom. The molecule has 0 spiro atoms. The normalized spacial score (nSPS) is 10.5. The van der Waals surface area contributed by atoms with Crippen LogP contribution in [0.3, 0.4) is 0 Å². The van der Waals surface area contributed by atoms with Gasteiger partial charge in [-0.05, 0) is 30.3 Å². The van der Waals surface area contributed by atoms with E-state index in [1.54, 1.807) is 0 Å². The van der Waals surface area contributed by atoms with Gasteiger partial charge >= 0.3 is 0 Å². The van der Waals surface area contributed by atoms with Gasteiger partial charge in [-0.15, -0.1) is 0 Å². The van der Waals surface area contributed by atoms with Crippen molar-refractivity contribution in [1.29, 1.82) is 0 Å². The van der Waals surface area contributed by atoms with Crippen molar-refractivity contribution < 1.29 is 4.79 Å². The zero-order valence-corrected chi connectivity index (χ0v) is 14.5. The third-order valence-electron chi connectivity index (χ3n) is 3.03. The molecule has 2 rings (SSSR count). The summed E-state index contributed by atoms with van der Waals surface area (Å²) in [5, 5.41) is 2.95. The van der Waals surface area contributed by atoms with Crippen molar-refractivity contribution >= 4 is 27.5 Å². The van der Waals surface area contributed by atoms with Crippen LogP contribution in [0.4, 0.5) is 5.69 Å². The predicted octanol–water partition coefficient (Wildman–Crippen LogP) is 4.83. The van der Waals surface area contributed by atoms with Gasteiger partial charge in [0, 0.05) is 21.0 Å². The van der Waals surface area contributed by atoms with E-state index in [1.807, 2.05) is 69.3 Å². The van der Waals surface area contributed by atoms with Crippen LogP contribution in [0.25, 0.3) is 0 Å². The number of benzene rings is 2. The van der Waals surface area contributed by atoms with Crippen molar-refractivity contribution in [2.45, 2.75) is 20.8 Å². The second-order valence-corrected chi connectivity index (χ2v) is 6.93. The summed E-state index contributed by atoms with van der Waals surface area (Å²) in [6.45, 7) is 5.66. The van der Waals surface area contributed by atoms with Gasteiger partial charge in [0.1, 0.15) is 0 Å². The highest BCUT2D eigenvalue weighted by Crippen LogP contribution is 2.23. The van der Waals surface area contributed by atoms with E-state index in [0.717, 1.165) is 21.3 Å². The number of rotatable bonds is 1. The summed E-state index contributed by atoms with van der Waals surface area (Å²) >= 11 is 3.45. The summed E-state index contributed by atoms with van der Waals surface area (Å²) in [4.78, 5) is 12.2. The molecule has 112 valence electrons. The maximum atomic E-state index is 12.2. The van der Waals surface area contributed by atoms with Crippen LogP contribution < -0.4 is 5.32 Å². The van der Waals surface area contributed by atoms with E-state index in [1.165, 1.54) is 0 Å². The van der Waals surface area contributed by atoms with Gasteiger partial charge in [0.15, 0.2) is 0 Å². The van der Waals surface area contributed by atoms with Crippen LogP contribution in [0.15, 0.2) is 53.0 Å². The SMILES string of the molecule is CC(C)(C)C(=O)Nc1ccc(Br)cc1C#Cc1ccccc1. The van der Waals surface area contributed by atoms with E-state index >= 15 is 0 Å². The number of anilines is 1. The average molecular weight is 356 g/mol. The third-order valence-corrected chi connectivity index (χ3v) is 3.52. The number of hydrogen-bond donors (Lipinski definition) is 1. The fourth-order valence-corrected chi connectivity index (χ4v) is 2.06. The van der Waals surface area contributed by atoms with E-state index < -0.39 is 5.41 Å². The van der Waals surface area contributed by atoms with E-state index in [-0.39, 0.29) is 5.91 Å². The lowest BCUT2D eigenvalue weighted by atomic mass is 9.95. The number of carbonyl (C=O) groups is 1. The average Bonchev–Trinajstić information content (AvgIpc) is 2.47. The lowest BCUT2D eigenvalue weighted by Crippen LogP contribution is -2.27. The smallest absolute Gasteiger partial charge is 0.229 e. The molecule has 1 N–H and O–H groups in total. The summed E-state index contributed by atoms with van der Waals surface area (Å²) in [7, 11) is 0. The summed E-state index contributed by atoms with van der Waals surface area (Å²) in [6, 6.07) is 15.4. The second-order valence-electron chi connectivity index (χ2n) is 6.01. The molecule has 0 atom stereocenters.